The highest BCUT2D eigenvalue weighted by molar-refractivity contribution is 7.81. The summed E-state index contributed by atoms with van der Waals surface area (Å²) < 4.78 is 9.99. The van der Waals surface area contributed by atoms with Crippen LogP contribution in [-0.2, 0) is 25.7 Å². The first-order valence-electron chi connectivity index (χ1n) is 8.72. The Morgan fingerprint density at radius 2 is 1.81 bits per heavy atom. The lowest BCUT2D eigenvalue weighted by Crippen LogP contribution is -2.28. The van der Waals surface area contributed by atoms with Gasteiger partial charge in [-0.15, -0.1) is 0 Å². The van der Waals surface area contributed by atoms with E-state index in [1.807, 2.05) is 30.3 Å². The van der Waals surface area contributed by atoms with E-state index in [0.717, 1.165) is 18.4 Å². The van der Waals surface area contributed by atoms with Crippen LogP contribution in [0.1, 0.15) is 38.2 Å². The fraction of sp³-hybridized carbons (Fsp3) is 0.526. The van der Waals surface area contributed by atoms with Gasteiger partial charge in [0.2, 0.25) is 0 Å². The summed E-state index contributed by atoms with van der Waals surface area (Å²) in [5, 5.41) is -0.491. The van der Waals surface area contributed by atoms with E-state index < -0.39 is 11.2 Å². The predicted molar refractivity (Wildman–Crippen MR) is 102 cm³/mol. The number of nitrogens with zero attached hydrogens (tertiary/aromatic N) is 1. The number of Topliss-reactive ketones (excluding diaryl/α,β-unsaturated/α-hetero) is 1. The zero-order valence-corrected chi connectivity index (χ0v) is 16.2. The number of unbranched alkanes of at least 4 members (excludes halogenated alkanes) is 1. The molecule has 0 aliphatic rings. The minimum Gasteiger partial charge on any atom is -0.466 e. The Balaban J connectivity index is 2.18. The van der Waals surface area contributed by atoms with Crippen molar-refractivity contribution in [3.05, 3.63) is 35.9 Å². The van der Waals surface area contributed by atoms with Crippen molar-refractivity contribution in [2.45, 2.75) is 44.5 Å². The van der Waals surface area contributed by atoms with Gasteiger partial charge in [-0.3, -0.25) is 9.59 Å². The normalized spacial score (nSPS) is 11.5. The van der Waals surface area contributed by atoms with Crippen LogP contribution in [0, 0.1) is 0 Å². The van der Waals surface area contributed by atoms with Gasteiger partial charge in [-0.05, 0) is 25.3 Å². The topological polar surface area (TPSA) is 72.9 Å². The third-order valence-electron chi connectivity index (χ3n) is 3.73. The summed E-state index contributed by atoms with van der Waals surface area (Å²) in [6, 6.07) is 9.48. The zero-order valence-electron chi connectivity index (χ0n) is 15.3. The molecule has 0 saturated heterocycles. The van der Waals surface area contributed by atoms with Crippen molar-refractivity contribution < 1.29 is 23.9 Å². The lowest BCUT2D eigenvalue weighted by molar-refractivity contribution is -0.145. The molecule has 0 unspecified atom stereocenters. The van der Waals surface area contributed by atoms with Crippen molar-refractivity contribution in [2.75, 3.05) is 20.2 Å². The van der Waals surface area contributed by atoms with Crippen molar-refractivity contribution in [1.29, 1.82) is 0 Å². The summed E-state index contributed by atoms with van der Waals surface area (Å²) in [5.41, 5.74) is 0.937. The number of carbonyl (C=O) groups excluding carboxylic acids is 3. The molecule has 0 aliphatic heterocycles. The van der Waals surface area contributed by atoms with Crippen molar-refractivity contribution in [1.82, 2.24) is 4.90 Å². The van der Waals surface area contributed by atoms with Gasteiger partial charge in [0.15, 0.2) is 5.78 Å². The average molecular weight is 381 g/mol. The minimum atomic E-state index is -0.516. The Morgan fingerprint density at radius 3 is 2.46 bits per heavy atom. The fourth-order valence-corrected chi connectivity index (χ4v) is 2.51. The Kier molecular flexibility index (Phi) is 10.5. The Hall–Kier alpha value is -2.02. The second kappa shape index (κ2) is 12.4. The molecular formula is C19H27NO5S. The number of ether oxygens (including phenoxy) is 2. The highest BCUT2D eigenvalue weighted by atomic mass is 32.1. The molecule has 7 heteroatoms. The van der Waals surface area contributed by atoms with Gasteiger partial charge in [-0.1, -0.05) is 36.8 Å². The monoisotopic (exact) mass is 381 g/mol. The van der Waals surface area contributed by atoms with E-state index in [4.69, 9.17) is 9.47 Å². The third-order valence-corrected chi connectivity index (χ3v) is 4.28. The molecule has 26 heavy (non-hydrogen) atoms. The van der Waals surface area contributed by atoms with E-state index >= 15 is 0 Å². The molecule has 6 nitrogen and oxygen atoms in total. The van der Waals surface area contributed by atoms with Crippen molar-refractivity contribution in [2.24, 2.45) is 0 Å². The van der Waals surface area contributed by atoms with Gasteiger partial charge < -0.3 is 14.4 Å². The van der Waals surface area contributed by atoms with Gasteiger partial charge in [0.1, 0.15) is 13.0 Å². The summed E-state index contributed by atoms with van der Waals surface area (Å²) in [6.45, 7) is 2.73. The largest absolute Gasteiger partial charge is 0.466 e. The lowest BCUT2D eigenvalue weighted by atomic mass is 10.1. The van der Waals surface area contributed by atoms with E-state index in [1.54, 1.807) is 14.0 Å². The molecule has 0 N–H and O–H groups in total. The van der Waals surface area contributed by atoms with Crippen LogP contribution in [0.5, 0.6) is 0 Å². The molecule has 0 aliphatic carbocycles. The molecule has 0 aromatic heterocycles. The number of hydrogen-bond donors (Lipinski definition) is 1. The molecule has 1 atom stereocenters. The number of hydrogen-bond acceptors (Lipinski definition) is 6. The number of carbonyl (C=O) groups is 3. The van der Waals surface area contributed by atoms with Crippen molar-refractivity contribution in [3.8, 4) is 0 Å². The summed E-state index contributed by atoms with van der Waals surface area (Å²) in [7, 11) is 1.68. The molecule has 0 fully saturated rings. The third kappa shape index (κ3) is 8.89. The number of rotatable bonds is 11. The highest BCUT2D eigenvalue weighted by Gasteiger charge is 2.18. The maximum atomic E-state index is 11.9. The van der Waals surface area contributed by atoms with Crippen LogP contribution in [-0.4, -0.2) is 48.2 Å². The van der Waals surface area contributed by atoms with E-state index in [9.17, 15) is 14.4 Å². The number of ketones is 1. The van der Waals surface area contributed by atoms with E-state index in [-0.39, 0.29) is 31.5 Å². The maximum Gasteiger partial charge on any atom is 0.409 e. The van der Waals surface area contributed by atoms with Gasteiger partial charge in [-0.2, -0.15) is 12.6 Å². The van der Waals surface area contributed by atoms with Crippen LogP contribution in [0.2, 0.25) is 0 Å². The lowest BCUT2D eigenvalue weighted by Gasteiger charge is -2.17. The first-order chi connectivity index (χ1) is 12.4. The van der Waals surface area contributed by atoms with Gasteiger partial charge in [0.25, 0.3) is 0 Å². The van der Waals surface area contributed by atoms with Crippen LogP contribution in [0.4, 0.5) is 4.79 Å². The standard InChI is InChI=1S/C19H27NO5S/c1-3-24-18(22)13-16(21)17(26)11-7-8-12-20(2)19(23)25-14-15-9-5-4-6-10-15/h4-6,9-10,17,26H,3,7-8,11-14H2,1-2H3/t17-/m0/s1. The molecule has 1 rings (SSSR count). The highest BCUT2D eigenvalue weighted by Crippen LogP contribution is 2.11. The zero-order chi connectivity index (χ0) is 19.4. The summed E-state index contributed by atoms with van der Waals surface area (Å²) in [4.78, 5) is 36.5. The molecule has 1 aromatic carbocycles. The quantitative estimate of drug-likeness (QED) is 0.276. The van der Waals surface area contributed by atoms with Crippen molar-refractivity contribution in [3.63, 3.8) is 0 Å². The second-order valence-electron chi connectivity index (χ2n) is 5.92. The van der Waals surface area contributed by atoms with Crippen LogP contribution < -0.4 is 0 Å². The number of esters is 1. The molecule has 0 bridgehead atoms. The molecule has 0 spiro atoms. The predicted octanol–water partition coefficient (Wildman–Crippen LogP) is 3.25. The second-order valence-corrected chi connectivity index (χ2v) is 6.54. The van der Waals surface area contributed by atoms with Crippen molar-refractivity contribution >= 4 is 30.5 Å². The number of thiol groups is 1. The summed E-state index contributed by atoms with van der Waals surface area (Å²) in [5.74, 6) is -0.750. The summed E-state index contributed by atoms with van der Waals surface area (Å²) >= 11 is 4.24. The molecule has 1 amide bonds. The van der Waals surface area contributed by atoms with Crippen LogP contribution in [0.15, 0.2) is 30.3 Å². The van der Waals surface area contributed by atoms with Gasteiger partial charge in [0, 0.05) is 13.6 Å². The number of amides is 1. The molecule has 144 valence electrons. The molecule has 0 saturated carbocycles. The van der Waals surface area contributed by atoms with Gasteiger partial charge >= 0.3 is 12.1 Å². The van der Waals surface area contributed by atoms with Crippen LogP contribution in [0.3, 0.4) is 0 Å². The first-order valence-corrected chi connectivity index (χ1v) is 9.23. The molecule has 0 radical (unpaired) electrons. The van der Waals surface area contributed by atoms with E-state index in [1.165, 1.54) is 4.90 Å². The fourth-order valence-electron chi connectivity index (χ4n) is 2.24. The van der Waals surface area contributed by atoms with Gasteiger partial charge in [-0.25, -0.2) is 4.79 Å². The Labute approximate surface area is 160 Å². The first kappa shape index (κ1) is 22.0. The maximum absolute atomic E-state index is 11.9. The smallest absolute Gasteiger partial charge is 0.409 e. The SMILES string of the molecule is CCOC(=O)CC(=O)[C@@H](S)CCCCN(C)C(=O)OCc1ccccc1. The Morgan fingerprint density at radius 1 is 1.12 bits per heavy atom. The average Bonchev–Trinajstić information content (AvgIpc) is 2.63. The minimum absolute atomic E-state index is 0.234. The van der Waals surface area contributed by atoms with Crippen LogP contribution >= 0.6 is 12.6 Å². The Bertz CT molecular complexity index is 579. The van der Waals surface area contributed by atoms with E-state index in [2.05, 4.69) is 12.6 Å². The summed E-state index contributed by atoms with van der Waals surface area (Å²) in [6.07, 6.45) is 1.37. The van der Waals surface area contributed by atoms with E-state index in [0.29, 0.717) is 13.0 Å². The molecule has 1 aromatic rings. The van der Waals surface area contributed by atoms with Gasteiger partial charge in [0.05, 0.1) is 11.9 Å². The number of benzene rings is 1. The molecule has 0 heterocycles. The van der Waals surface area contributed by atoms with Crippen LogP contribution in [0.25, 0.3) is 0 Å². The molecular weight excluding hydrogens is 354 g/mol.